The van der Waals surface area contributed by atoms with Crippen molar-refractivity contribution in [3.8, 4) is 0 Å². The second-order valence-corrected chi connectivity index (χ2v) is 6.24. The monoisotopic (exact) mass is 405 g/mol. The number of rotatable bonds is 5. The van der Waals surface area contributed by atoms with Gasteiger partial charge in [0.2, 0.25) is 0 Å². The van der Waals surface area contributed by atoms with Crippen molar-refractivity contribution in [2.75, 3.05) is 0 Å². The van der Waals surface area contributed by atoms with Crippen molar-refractivity contribution in [2.45, 2.75) is 25.9 Å². The minimum Gasteiger partial charge on any atom is -0.452 e. The third kappa shape index (κ3) is 4.09. The van der Waals surface area contributed by atoms with Crippen LogP contribution < -0.4 is 5.32 Å². The smallest absolute Gasteiger partial charge is 0.183 e. The van der Waals surface area contributed by atoms with Gasteiger partial charge in [-0.2, -0.15) is 0 Å². The summed E-state index contributed by atoms with van der Waals surface area (Å²) in [6, 6.07) is 10.2. The van der Waals surface area contributed by atoms with Crippen LogP contribution in [0.4, 0.5) is 0 Å². The van der Waals surface area contributed by atoms with Gasteiger partial charge in [0.25, 0.3) is 0 Å². The van der Waals surface area contributed by atoms with Crippen molar-refractivity contribution in [1.29, 1.82) is 0 Å². The predicted molar refractivity (Wildman–Crippen MR) is 85.4 cm³/mol. The fourth-order valence-electron chi connectivity index (χ4n) is 1.92. The summed E-state index contributed by atoms with van der Waals surface area (Å²) in [5.41, 5.74) is 1.19. The third-order valence-corrected chi connectivity index (χ3v) is 4.82. The van der Waals surface area contributed by atoms with Gasteiger partial charge in [-0.05, 0) is 62.0 Å². The summed E-state index contributed by atoms with van der Waals surface area (Å²) in [5.74, 6) is 0.888. The first-order valence-corrected chi connectivity index (χ1v) is 7.99. The Kier molecular flexibility index (Phi) is 5.51. The molecule has 0 bridgehead atoms. The molecule has 1 aromatic carbocycles. The van der Waals surface area contributed by atoms with Crippen LogP contribution in [0.2, 0.25) is 5.02 Å². The first-order chi connectivity index (χ1) is 9.10. The Balaban J connectivity index is 2.03. The molecule has 1 aromatic heterocycles. The molecule has 1 N–H and O–H groups in total. The van der Waals surface area contributed by atoms with Gasteiger partial charge >= 0.3 is 0 Å². The Morgan fingerprint density at radius 1 is 1.32 bits per heavy atom. The van der Waals surface area contributed by atoms with Gasteiger partial charge in [-0.25, -0.2) is 0 Å². The highest BCUT2D eigenvalue weighted by molar-refractivity contribution is 9.13. The highest BCUT2D eigenvalue weighted by atomic mass is 79.9. The average molecular weight is 408 g/mol. The van der Waals surface area contributed by atoms with Crippen molar-refractivity contribution in [2.24, 2.45) is 0 Å². The number of nitrogens with one attached hydrogen (secondary N) is 1. The second-order valence-electron chi connectivity index (χ2n) is 4.23. The van der Waals surface area contributed by atoms with E-state index in [2.05, 4.69) is 50.2 Å². The summed E-state index contributed by atoms with van der Waals surface area (Å²) in [7, 11) is 0. The molecule has 0 aliphatic carbocycles. The van der Waals surface area contributed by atoms with Crippen molar-refractivity contribution >= 4 is 43.5 Å². The maximum absolute atomic E-state index is 6.03. The van der Waals surface area contributed by atoms with Gasteiger partial charge in [-0.15, -0.1) is 0 Å². The Bertz CT molecular complexity index is 537. The van der Waals surface area contributed by atoms with Crippen molar-refractivity contribution in [1.82, 2.24) is 5.32 Å². The van der Waals surface area contributed by atoms with Gasteiger partial charge in [0, 0.05) is 11.1 Å². The van der Waals surface area contributed by atoms with E-state index in [1.165, 1.54) is 5.56 Å². The zero-order chi connectivity index (χ0) is 13.8. The van der Waals surface area contributed by atoms with Gasteiger partial charge in [0.15, 0.2) is 4.67 Å². The molecule has 0 fully saturated rings. The molecule has 19 heavy (non-hydrogen) atoms. The third-order valence-electron chi connectivity index (χ3n) is 2.88. The molecule has 0 saturated heterocycles. The highest BCUT2D eigenvalue weighted by Crippen LogP contribution is 2.27. The van der Waals surface area contributed by atoms with Crippen LogP contribution in [-0.2, 0) is 6.54 Å². The standard InChI is InChI=1S/C14H14Br2ClNO/c1-2-13(9-4-3-5-10(17)6-9)18-8-11-7-12(15)14(16)19-11/h3-7,13,18H,2,8H2,1H3. The highest BCUT2D eigenvalue weighted by Gasteiger charge is 2.11. The van der Waals surface area contributed by atoms with Gasteiger partial charge in [-0.3, -0.25) is 0 Å². The lowest BCUT2D eigenvalue weighted by atomic mass is 10.0. The molecular weight excluding hydrogens is 393 g/mol. The largest absolute Gasteiger partial charge is 0.452 e. The van der Waals surface area contributed by atoms with Crippen LogP contribution >= 0.6 is 43.5 Å². The quantitative estimate of drug-likeness (QED) is 0.688. The van der Waals surface area contributed by atoms with E-state index in [0.717, 1.165) is 26.3 Å². The molecule has 1 unspecified atom stereocenters. The molecule has 5 heteroatoms. The van der Waals surface area contributed by atoms with E-state index in [4.69, 9.17) is 16.0 Å². The summed E-state index contributed by atoms with van der Waals surface area (Å²) in [4.78, 5) is 0. The Labute approximate surface area is 134 Å². The fourth-order valence-corrected chi connectivity index (χ4v) is 2.78. The fraction of sp³-hybridized carbons (Fsp3) is 0.286. The second kappa shape index (κ2) is 6.93. The van der Waals surface area contributed by atoms with Crippen molar-refractivity contribution in [3.05, 3.63) is 55.8 Å². The molecule has 1 atom stereocenters. The Morgan fingerprint density at radius 2 is 2.11 bits per heavy atom. The summed E-state index contributed by atoms with van der Waals surface area (Å²) in [5, 5.41) is 4.24. The summed E-state index contributed by atoms with van der Waals surface area (Å²) < 4.78 is 7.20. The Hall–Kier alpha value is -0.290. The number of benzene rings is 1. The SMILES string of the molecule is CCC(NCc1cc(Br)c(Br)o1)c1cccc(Cl)c1. The number of hydrogen-bond donors (Lipinski definition) is 1. The number of halogens is 3. The van der Waals surface area contributed by atoms with E-state index >= 15 is 0 Å². The van der Waals surface area contributed by atoms with E-state index in [9.17, 15) is 0 Å². The summed E-state index contributed by atoms with van der Waals surface area (Å²) >= 11 is 12.8. The van der Waals surface area contributed by atoms with Gasteiger partial charge in [0.05, 0.1) is 11.0 Å². The van der Waals surface area contributed by atoms with Crippen molar-refractivity contribution in [3.63, 3.8) is 0 Å². The zero-order valence-corrected chi connectivity index (χ0v) is 14.3. The van der Waals surface area contributed by atoms with E-state index in [-0.39, 0.29) is 6.04 Å². The average Bonchev–Trinajstić information content (AvgIpc) is 2.70. The molecule has 0 aliphatic heterocycles. The first-order valence-electron chi connectivity index (χ1n) is 6.02. The normalized spacial score (nSPS) is 12.6. The van der Waals surface area contributed by atoms with E-state index in [1.807, 2.05) is 24.3 Å². The van der Waals surface area contributed by atoms with Crippen molar-refractivity contribution < 1.29 is 4.42 Å². The molecule has 2 nitrogen and oxygen atoms in total. The van der Waals surface area contributed by atoms with E-state index in [1.54, 1.807) is 0 Å². The van der Waals surface area contributed by atoms with E-state index < -0.39 is 0 Å². The minimum absolute atomic E-state index is 0.265. The van der Waals surface area contributed by atoms with Crippen LogP contribution in [-0.4, -0.2) is 0 Å². The van der Waals surface area contributed by atoms with E-state index in [0.29, 0.717) is 6.54 Å². The van der Waals surface area contributed by atoms with Gasteiger partial charge in [0.1, 0.15) is 5.76 Å². The summed E-state index contributed by atoms with van der Waals surface area (Å²) in [6.45, 7) is 2.82. The molecule has 0 aliphatic rings. The van der Waals surface area contributed by atoms with Crippen LogP contribution in [0.25, 0.3) is 0 Å². The lowest BCUT2D eigenvalue weighted by Crippen LogP contribution is -2.19. The van der Waals surface area contributed by atoms with Crippen LogP contribution in [0.15, 0.2) is 43.9 Å². The molecule has 0 amide bonds. The van der Waals surface area contributed by atoms with Crippen LogP contribution in [0, 0.1) is 0 Å². The topological polar surface area (TPSA) is 25.2 Å². The minimum atomic E-state index is 0.265. The van der Waals surface area contributed by atoms with Crippen LogP contribution in [0.3, 0.4) is 0 Å². The lowest BCUT2D eigenvalue weighted by Gasteiger charge is -2.16. The van der Waals surface area contributed by atoms with Gasteiger partial charge < -0.3 is 9.73 Å². The maximum Gasteiger partial charge on any atom is 0.183 e. The van der Waals surface area contributed by atoms with Crippen LogP contribution in [0.5, 0.6) is 0 Å². The predicted octanol–water partition coefficient (Wildman–Crippen LogP) is 5.70. The Morgan fingerprint density at radius 3 is 2.68 bits per heavy atom. The summed E-state index contributed by atoms with van der Waals surface area (Å²) in [6.07, 6.45) is 0.989. The molecular formula is C14H14Br2ClNO. The zero-order valence-electron chi connectivity index (χ0n) is 10.4. The molecule has 102 valence electrons. The number of furan rings is 1. The van der Waals surface area contributed by atoms with Gasteiger partial charge in [-0.1, -0.05) is 30.7 Å². The maximum atomic E-state index is 6.03. The molecule has 0 radical (unpaired) electrons. The molecule has 2 rings (SSSR count). The lowest BCUT2D eigenvalue weighted by molar-refractivity contribution is 0.432. The molecule has 0 spiro atoms. The first kappa shape index (κ1) is 15.1. The molecule has 0 saturated carbocycles. The number of hydrogen-bond acceptors (Lipinski definition) is 2. The molecule has 2 aromatic rings. The molecule has 1 heterocycles. The van der Waals surface area contributed by atoms with Crippen LogP contribution in [0.1, 0.15) is 30.7 Å².